The summed E-state index contributed by atoms with van der Waals surface area (Å²) >= 11 is 5.63. The van der Waals surface area contributed by atoms with Crippen molar-refractivity contribution >= 4 is 35.2 Å². The monoisotopic (exact) mass is 441 g/mol. The summed E-state index contributed by atoms with van der Waals surface area (Å²) in [6, 6.07) is 0. The van der Waals surface area contributed by atoms with Crippen LogP contribution in [-0.2, 0) is 14.4 Å². The number of carbonyl (C=O) groups is 4. The molecule has 1 aromatic rings. The first kappa shape index (κ1) is 23.7. The zero-order chi connectivity index (χ0) is 22.3. The Morgan fingerprint density at radius 3 is 2.47 bits per heavy atom. The van der Waals surface area contributed by atoms with Crippen molar-refractivity contribution in [3.05, 3.63) is 17.0 Å². The van der Waals surface area contributed by atoms with Crippen molar-refractivity contribution in [2.45, 2.75) is 57.8 Å². The molecule has 1 atom stereocenters. The Balaban J connectivity index is 2.31. The van der Waals surface area contributed by atoms with Gasteiger partial charge >= 0.3 is 0 Å². The number of alkyl halides is 1. The molecule has 1 unspecified atom stereocenters. The van der Waals surface area contributed by atoms with E-state index in [1.54, 1.807) is 6.92 Å². The first-order valence-corrected chi connectivity index (χ1v) is 10.5. The van der Waals surface area contributed by atoms with E-state index in [2.05, 4.69) is 10.6 Å². The molecule has 0 bridgehead atoms. The minimum atomic E-state index is -0.805. The molecule has 1 aliphatic rings. The molecule has 0 saturated heterocycles. The number of aromatic nitrogens is 1. The van der Waals surface area contributed by atoms with Gasteiger partial charge in [0.1, 0.15) is 11.6 Å². The molecule has 1 aliphatic carbocycles. The quantitative estimate of drug-likeness (QED) is 0.384. The molecule has 0 spiro atoms. The van der Waals surface area contributed by atoms with Gasteiger partial charge in [-0.1, -0.05) is 37.3 Å². The summed E-state index contributed by atoms with van der Waals surface area (Å²) in [4.78, 5) is 48.3. The molecule has 0 aromatic carbocycles. The Hall–Kier alpha value is -2.62. The molecule has 10 nitrogen and oxygen atoms in total. The Morgan fingerprint density at radius 1 is 1.23 bits per heavy atom. The highest BCUT2D eigenvalue weighted by molar-refractivity contribution is 6.27. The fourth-order valence-corrected chi connectivity index (χ4v) is 3.97. The van der Waals surface area contributed by atoms with Crippen LogP contribution < -0.4 is 16.9 Å². The topological polar surface area (TPSA) is 162 Å². The minimum Gasteiger partial charge on any atom is -0.370 e. The number of aryl methyl sites for hydroxylation is 1. The van der Waals surface area contributed by atoms with Crippen LogP contribution in [0.25, 0.3) is 0 Å². The van der Waals surface area contributed by atoms with Gasteiger partial charge in [0.05, 0.1) is 12.5 Å². The van der Waals surface area contributed by atoms with Crippen LogP contribution in [-0.4, -0.2) is 46.2 Å². The molecule has 166 valence electrons. The van der Waals surface area contributed by atoms with E-state index in [-0.39, 0.29) is 30.5 Å². The molecule has 1 aromatic heterocycles. The van der Waals surface area contributed by atoms with Crippen molar-refractivity contribution < 1.29 is 23.7 Å². The van der Waals surface area contributed by atoms with Gasteiger partial charge in [-0.05, 0) is 19.3 Å². The van der Waals surface area contributed by atoms with Gasteiger partial charge in [0.2, 0.25) is 11.8 Å². The molecule has 11 heteroatoms. The fraction of sp³-hybridized carbons (Fsp3) is 0.632. The Morgan fingerprint density at radius 2 is 1.90 bits per heavy atom. The Kier molecular flexibility index (Phi) is 8.64. The first-order valence-electron chi connectivity index (χ1n) is 9.95. The zero-order valence-electron chi connectivity index (χ0n) is 17.0. The van der Waals surface area contributed by atoms with E-state index in [1.807, 2.05) is 0 Å². The van der Waals surface area contributed by atoms with Crippen LogP contribution in [0.3, 0.4) is 0 Å². The third-order valence-corrected chi connectivity index (χ3v) is 5.57. The summed E-state index contributed by atoms with van der Waals surface area (Å²) in [6.07, 6.45) is 5.52. The average Bonchev–Trinajstić information content (AvgIpc) is 3.10. The number of amides is 4. The highest BCUT2D eigenvalue weighted by Crippen LogP contribution is 2.35. The predicted molar refractivity (Wildman–Crippen MR) is 108 cm³/mol. The summed E-state index contributed by atoms with van der Waals surface area (Å²) in [5.41, 5.74) is 13.3. The average molecular weight is 442 g/mol. The van der Waals surface area contributed by atoms with E-state index in [0.717, 1.165) is 37.1 Å². The molecule has 30 heavy (non-hydrogen) atoms. The molecule has 5 N–H and O–H groups in total. The number of hydrogen-bond acceptors (Lipinski definition) is 6. The van der Waals surface area contributed by atoms with Crippen molar-refractivity contribution in [1.82, 2.24) is 15.6 Å². The lowest BCUT2D eigenvalue weighted by atomic mass is 9.79. The number of nitrogens with one attached hydrogen (secondary N) is 1. The Labute approximate surface area is 179 Å². The summed E-state index contributed by atoms with van der Waals surface area (Å²) in [7, 11) is 0. The van der Waals surface area contributed by atoms with Gasteiger partial charge in [0.25, 0.3) is 11.8 Å². The smallest absolute Gasteiger partial charge is 0.271 e. The summed E-state index contributed by atoms with van der Waals surface area (Å²) < 4.78 is 5.14. The van der Waals surface area contributed by atoms with Crippen LogP contribution >= 0.6 is 11.6 Å². The second-order valence-electron chi connectivity index (χ2n) is 7.53. The number of nitrogens with zero attached hydrogens (tertiary/aromatic N) is 2. The number of hydrogen-bond donors (Lipinski definition) is 3. The maximum absolute atomic E-state index is 13.2. The number of nitrogens with two attached hydrogens (primary N) is 2. The van der Waals surface area contributed by atoms with Crippen LogP contribution in [0.5, 0.6) is 0 Å². The number of hydrazine groups is 1. The maximum atomic E-state index is 13.2. The van der Waals surface area contributed by atoms with E-state index in [4.69, 9.17) is 27.6 Å². The van der Waals surface area contributed by atoms with Crippen LogP contribution in [0, 0.1) is 12.8 Å². The first-order chi connectivity index (χ1) is 14.2. The van der Waals surface area contributed by atoms with Gasteiger partial charge < -0.3 is 16.0 Å². The lowest BCUT2D eigenvalue weighted by Crippen LogP contribution is -2.50. The van der Waals surface area contributed by atoms with E-state index < -0.39 is 29.5 Å². The number of halogens is 1. The van der Waals surface area contributed by atoms with Crippen LogP contribution in [0.1, 0.15) is 72.7 Å². The largest absolute Gasteiger partial charge is 0.370 e. The van der Waals surface area contributed by atoms with Crippen LogP contribution in [0.15, 0.2) is 4.52 Å². The second kappa shape index (κ2) is 11.0. The van der Waals surface area contributed by atoms with Gasteiger partial charge in [-0.25, -0.2) is 0 Å². The number of rotatable bonds is 9. The molecule has 0 radical (unpaired) electrons. The summed E-state index contributed by atoms with van der Waals surface area (Å²) in [6.45, 7) is 1.48. The van der Waals surface area contributed by atoms with Gasteiger partial charge in [-0.2, -0.15) is 0 Å². The molecular formula is C19H28ClN5O5. The predicted octanol–water partition coefficient (Wildman–Crippen LogP) is 1.11. The molecule has 1 saturated carbocycles. The second-order valence-corrected chi connectivity index (χ2v) is 7.80. The molecular weight excluding hydrogens is 414 g/mol. The van der Waals surface area contributed by atoms with Gasteiger partial charge in [-0.15, -0.1) is 11.6 Å². The van der Waals surface area contributed by atoms with Crippen molar-refractivity contribution in [3.8, 4) is 0 Å². The minimum absolute atomic E-state index is 0.101. The molecule has 2 rings (SSSR count). The van der Waals surface area contributed by atoms with Crippen LogP contribution in [0.4, 0.5) is 0 Å². The highest BCUT2D eigenvalue weighted by Gasteiger charge is 2.34. The standard InChI is InChI=1S/C19H28ClN5O5/c1-11-16(17(18(22)28)24-30-11)13(9-12-5-3-2-4-6-12)19(29)23-25(15(27)10-20)8-7-14(21)26/h12-13H,2-10H2,1H3,(H2,21,26)(H2,22,28)(H,23,29). The third-order valence-electron chi connectivity index (χ3n) is 5.34. The van der Waals surface area contributed by atoms with Gasteiger partial charge in [0.15, 0.2) is 5.69 Å². The third kappa shape index (κ3) is 6.19. The lowest BCUT2D eigenvalue weighted by Gasteiger charge is -2.29. The normalized spacial score (nSPS) is 15.4. The van der Waals surface area contributed by atoms with E-state index in [0.29, 0.717) is 17.7 Å². The van der Waals surface area contributed by atoms with E-state index in [1.165, 1.54) is 0 Å². The van der Waals surface area contributed by atoms with E-state index >= 15 is 0 Å². The van der Waals surface area contributed by atoms with E-state index in [9.17, 15) is 19.2 Å². The number of carbonyl (C=O) groups excluding carboxylic acids is 4. The van der Waals surface area contributed by atoms with Crippen molar-refractivity contribution in [3.63, 3.8) is 0 Å². The molecule has 1 fully saturated rings. The summed E-state index contributed by atoms with van der Waals surface area (Å²) in [5, 5.41) is 4.68. The Bertz CT molecular complexity index is 790. The number of primary amides is 2. The fourth-order valence-electron chi connectivity index (χ4n) is 3.83. The van der Waals surface area contributed by atoms with Crippen molar-refractivity contribution in [1.29, 1.82) is 0 Å². The van der Waals surface area contributed by atoms with Gasteiger partial charge in [-0.3, -0.25) is 29.6 Å². The summed E-state index contributed by atoms with van der Waals surface area (Å²) in [5.74, 6) is -3.14. The zero-order valence-corrected chi connectivity index (χ0v) is 17.7. The molecule has 1 heterocycles. The van der Waals surface area contributed by atoms with Gasteiger partial charge in [0, 0.05) is 12.0 Å². The highest BCUT2D eigenvalue weighted by atomic mass is 35.5. The lowest BCUT2D eigenvalue weighted by molar-refractivity contribution is -0.141. The maximum Gasteiger partial charge on any atom is 0.271 e. The van der Waals surface area contributed by atoms with Crippen molar-refractivity contribution in [2.75, 3.05) is 12.4 Å². The SMILES string of the molecule is Cc1onc(C(N)=O)c1C(CC1CCCCC1)C(=O)NN(CCC(N)=O)C(=O)CCl. The van der Waals surface area contributed by atoms with Crippen molar-refractivity contribution in [2.24, 2.45) is 17.4 Å². The molecule has 0 aliphatic heterocycles. The van der Waals surface area contributed by atoms with Crippen LogP contribution in [0.2, 0.25) is 0 Å². The molecule has 4 amide bonds.